The summed E-state index contributed by atoms with van der Waals surface area (Å²) >= 11 is 0. The molecule has 2 heterocycles. The Bertz CT molecular complexity index is 717. The smallest absolute Gasteiger partial charge is 0.262 e. The SMILES string of the molecule is Cc1cc(=O)c(C(=O)Nc2cc(C3CC3)ccn2)c[nH]1. The van der Waals surface area contributed by atoms with Crippen LogP contribution in [0, 0.1) is 6.92 Å². The average Bonchev–Trinajstić information content (AvgIpc) is 3.23. The zero-order valence-electron chi connectivity index (χ0n) is 11.1. The standard InChI is InChI=1S/C15H15N3O2/c1-9-6-13(19)12(8-17-9)15(20)18-14-7-11(4-5-16-14)10-2-3-10/h4-8,10H,2-3H2,1H3,(H,17,19)(H,16,18,20). The van der Waals surface area contributed by atoms with Crippen molar-refractivity contribution in [3.8, 4) is 0 Å². The van der Waals surface area contributed by atoms with E-state index in [-0.39, 0.29) is 11.0 Å². The third-order valence-corrected chi connectivity index (χ3v) is 3.38. The summed E-state index contributed by atoms with van der Waals surface area (Å²) in [6.45, 7) is 1.77. The molecule has 0 bridgehead atoms. The molecule has 0 atom stereocenters. The Hall–Kier alpha value is -2.43. The summed E-state index contributed by atoms with van der Waals surface area (Å²) in [5.74, 6) is 0.641. The number of carbonyl (C=O) groups excluding carboxylic acids is 1. The second kappa shape index (κ2) is 4.92. The quantitative estimate of drug-likeness (QED) is 0.897. The second-order valence-corrected chi connectivity index (χ2v) is 5.10. The molecular formula is C15H15N3O2. The number of hydrogen-bond acceptors (Lipinski definition) is 3. The maximum absolute atomic E-state index is 12.1. The van der Waals surface area contributed by atoms with Crippen LogP contribution in [0.1, 0.15) is 40.4 Å². The van der Waals surface area contributed by atoms with Gasteiger partial charge in [0.25, 0.3) is 5.91 Å². The summed E-state index contributed by atoms with van der Waals surface area (Å²) in [5.41, 5.74) is 1.71. The van der Waals surface area contributed by atoms with Crippen molar-refractivity contribution in [3.63, 3.8) is 0 Å². The molecule has 102 valence electrons. The first-order valence-electron chi connectivity index (χ1n) is 6.60. The molecule has 0 unspecified atom stereocenters. The van der Waals surface area contributed by atoms with E-state index in [9.17, 15) is 9.59 Å². The number of anilines is 1. The number of nitrogens with zero attached hydrogens (tertiary/aromatic N) is 1. The molecule has 0 saturated heterocycles. The number of aryl methyl sites for hydroxylation is 1. The normalized spacial score (nSPS) is 14.1. The van der Waals surface area contributed by atoms with Crippen molar-refractivity contribution in [1.82, 2.24) is 9.97 Å². The molecule has 1 fully saturated rings. The van der Waals surface area contributed by atoms with Gasteiger partial charge < -0.3 is 10.3 Å². The van der Waals surface area contributed by atoms with E-state index < -0.39 is 5.91 Å². The van der Waals surface area contributed by atoms with Gasteiger partial charge in [-0.1, -0.05) is 0 Å². The van der Waals surface area contributed by atoms with Gasteiger partial charge in [0.1, 0.15) is 11.4 Å². The Morgan fingerprint density at radius 2 is 2.20 bits per heavy atom. The van der Waals surface area contributed by atoms with E-state index >= 15 is 0 Å². The van der Waals surface area contributed by atoms with E-state index in [1.807, 2.05) is 12.1 Å². The lowest BCUT2D eigenvalue weighted by atomic mass is 10.2. The molecule has 0 radical (unpaired) electrons. The summed E-state index contributed by atoms with van der Waals surface area (Å²) in [6.07, 6.45) is 5.49. The first kappa shape index (κ1) is 12.6. The fourth-order valence-corrected chi connectivity index (χ4v) is 2.12. The first-order chi connectivity index (χ1) is 9.63. The van der Waals surface area contributed by atoms with Crippen LogP contribution < -0.4 is 10.7 Å². The molecule has 20 heavy (non-hydrogen) atoms. The van der Waals surface area contributed by atoms with Gasteiger partial charge in [-0.2, -0.15) is 0 Å². The van der Waals surface area contributed by atoms with Crippen molar-refractivity contribution in [2.24, 2.45) is 0 Å². The number of carbonyl (C=O) groups is 1. The highest BCUT2D eigenvalue weighted by Gasteiger charge is 2.23. The van der Waals surface area contributed by atoms with Gasteiger partial charge in [0, 0.05) is 24.2 Å². The van der Waals surface area contributed by atoms with Crippen LogP contribution in [-0.4, -0.2) is 15.9 Å². The molecule has 1 aliphatic carbocycles. The summed E-state index contributed by atoms with van der Waals surface area (Å²) in [7, 11) is 0. The van der Waals surface area contributed by atoms with Crippen molar-refractivity contribution in [3.05, 3.63) is 57.6 Å². The highest BCUT2D eigenvalue weighted by molar-refractivity contribution is 6.03. The zero-order chi connectivity index (χ0) is 14.1. The zero-order valence-corrected chi connectivity index (χ0v) is 11.1. The Morgan fingerprint density at radius 1 is 1.40 bits per heavy atom. The lowest BCUT2D eigenvalue weighted by Crippen LogP contribution is -2.22. The van der Waals surface area contributed by atoms with E-state index in [0.717, 1.165) is 5.69 Å². The third kappa shape index (κ3) is 2.61. The molecule has 2 aromatic heterocycles. The molecule has 5 nitrogen and oxygen atoms in total. The molecule has 2 aromatic rings. The van der Waals surface area contributed by atoms with Crippen LogP contribution in [-0.2, 0) is 0 Å². The van der Waals surface area contributed by atoms with Crippen LogP contribution in [0.3, 0.4) is 0 Å². The van der Waals surface area contributed by atoms with Crippen LogP contribution >= 0.6 is 0 Å². The number of pyridine rings is 2. The van der Waals surface area contributed by atoms with Gasteiger partial charge in [-0.15, -0.1) is 0 Å². The topological polar surface area (TPSA) is 74.8 Å². The van der Waals surface area contributed by atoms with Crippen LogP contribution in [0.15, 0.2) is 35.4 Å². The number of rotatable bonds is 3. The van der Waals surface area contributed by atoms with E-state index in [1.54, 1.807) is 13.1 Å². The van der Waals surface area contributed by atoms with E-state index in [2.05, 4.69) is 15.3 Å². The first-order valence-corrected chi connectivity index (χ1v) is 6.60. The third-order valence-electron chi connectivity index (χ3n) is 3.38. The number of amides is 1. The van der Waals surface area contributed by atoms with Crippen LogP contribution in [0.2, 0.25) is 0 Å². The van der Waals surface area contributed by atoms with Gasteiger partial charge in [-0.05, 0) is 43.4 Å². The van der Waals surface area contributed by atoms with Crippen molar-refractivity contribution in [2.75, 3.05) is 5.32 Å². The van der Waals surface area contributed by atoms with Gasteiger partial charge >= 0.3 is 0 Å². The minimum Gasteiger partial charge on any atom is -0.364 e. The lowest BCUT2D eigenvalue weighted by molar-refractivity contribution is 0.102. The fourth-order valence-electron chi connectivity index (χ4n) is 2.12. The number of aromatic amines is 1. The largest absolute Gasteiger partial charge is 0.364 e. The van der Waals surface area contributed by atoms with Gasteiger partial charge in [-0.25, -0.2) is 4.98 Å². The van der Waals surface area contributed by atoms with Crippen LogP contribution in [0.4, 0.5) is 5.82 Å². The van der Waals surface area contributed by atoms with Gasteiger partial charge in [-0.3, -0.25) is 9.59 Å². The Kier molecular flexibility index (Phi) is 3.10. The summed E-state index contributed by atoms with van der Waals surface area (Å²) in [5, 5.41) is 2.67. The Balaban J connectivity index is 1.81. The van der Waals surface area contributed by atoms with Gasteiger partial charge in [0.2, 0.25) is 0 Å². The highest BCUT2D eigenvalue weighted by atomic mass is 16.2. The molecular weight excluding hydrogens is 254 g/mol. The molecule has 0 aromatic carbocycles. The van der Waals surface area contributed by atoms with Crippen molar-refractivity contribution in [2.45, 2.75) is 25.7 Å². The fraction of sp³-hybridized carbons (Fsp3) is 0.267. The molecule has 2 N–H and O–H groups in total. The molecule has 1 aliphatic rings. The molecule has 5 heteroatoms. The van der Waals surface area contributed by atoms with Crippen LogP contribution in [0.25, 0.3) is 0 Å². The number of hydrogen-bond donors (Lipinski definition) is 2. The van der Waals surface area contributed by atoms with E-state index in [4.69, 9.17) is 0 Å². The van der Waals surface area contributed by atoms with Crippen molar-refractivity contribution < 1.29 is 4.79 Å². The molecule has 0 aliphatic heterocycles. The summed E-state index contributed by atoms with van der Waals surface area (Å²) in [6, 6.07) is 5.24. The molecule has 1 amide bonds. The molecule has 3 rings (SSSR count). The van der Waals surface area contributed by atoms with Gasteiger partial charge in [0.05, 0.1) is 0 Å². The number of H-pyrrole nitrogens is 1. The Morgan fingerprint density at radius 3 is 2.90 bits per heavy atom. The predicted molar refractivity (Wildman–Crippen MR) is 76.0 cm³/mol. The van der Waals surface area contributed by atoms with Crippen molar-refractivity contribution >= 4 is 11.7 Å². The Labute approximate surface area is 116 Å². The monoisotopic (exact) mass is 269 g/mol. The second-order valence-electron chi connectivity index (χ2n) is 5.10. The van der Waals surface area contributed by atoms with Gasteiger partial charge in [0.15, 0.2) is 5.43 Å². The minimum absolute atomic E-state index is 0.0919. The van der Waals surface area contributed by atoms with Crippen LogP contribution in [0.5, 0.6) is 0 Å². The van der Waals surface area contributed by atoms with E-state index in [0.29, 0.717) is 11.7 Å². The minimum atomic E-state index is -0.438. The number of aromatic nitrogens is 2. The van der Waals surface area contributed by atoms with Crippen molar-refractivity contribution in [1.29, 1.82) is 0 Å². The summed E-state index contributed by atoms with van der Waals surface area (Å²) < 4.78 is 0. The highest BCUT2D eigenvalue weighted by Crippen LogP contribution is 2.40. The summed E-state index contributed by atoms with van der Waals surface area (Å²) in [4.78, 5) is 30.8. The maximum atomic E-state index is 12.1. The lowest BCUT2D eigenvalue weighted by Gasteiger charge is -2.06. The predicted octanol–water partition coefficient (Wildman–Crippen LogP) is 2.21. The van der Waals surface area contributed by atoms with E-state index in [1.165, 1.54) is 30.7 Å². The molecule has 1 saturated carbocycles. The molecule has 0 spiro atoms. The average molecular weight is 269 g/mol. The number of nitrogens with one attached hydrogen (secondary N) is 2. The maximum Gasteiger partial charge on any atom is 0.262 e.